The maximum atomic E-state index is 12.5. The summed E-state index contributed by atoms with van der Waals surface area (Å²) in [4.78, 5) is 16.4. The van der Waals surface area contributed by atoms with Crippen LogP contribution >= 0.6 is 0 Å². The minimum Gasteiger partial charge on any atom is -0.489 e. The summed E-state index contributed by atoms with van der Waals surface area (Å²) in [5.74, 6) is 1.53. The van der Waals surface area contributed by atoms with Gasteiger partial charge in [0.15, 0.2) is 0 Å². The van der Waals surface area contributed by atoms with E-state index in [1.807, 2.05) is 77.7 Å². The van der Waals surface area contributed by atoms with E-state index in [0.717, 1.165) is 27.4 Å². The van der Waals surface area contributed by atoms with Gasteiger partial charge in [-0.05, 0) is 35.4 Å². The molecule has 0 radical (unpaired) electrons. The van der Waals surface area contributed by atoms with E-state index in [2.05, 4.69) is 4.90 Å². The van der Waals surface area contributed by atoms with Crippen molar-refractivity contribution in [1.29, 1.82) is 0 Å². The maximum absolute atomic E-state index is 12.5. The SMILES string of the molecule is O=C(/C=C/c1ccc(OCc2ccccc2)cc1)N1CCN(c2cccc[n+]2O)CC1. The fourth-order valence-corrected chi connectivity index (χ4v) is 3.52. The second kappa shape index (κ2) is 9.80. The molecule has 158 valence electrons. The Balaban J connectivity index is 1.27. The van der Waals surface area contributed by atoms with Crippen LogP contribution in [0.1, 0.15) is 11.1 Å². The Hall–Kier alpha value is -3.80. The van der Waals surface area contributed by atoms with E-state index in [1.54, 1.807) is 18.3 Å². The summed E-state index contributed by atoms with van der Waals surface area (Å²) < 4.78 is 6.92. The number of amides is 1. The summed E-state index contributed by atoms with van der Waals surface area (Å²) >= 11 is 0. The fraction of sp³-hybridized carbons (Fsp3) is 0.200. The molecular weight excluding hydrogens is 390 g/mol. The van der Waals surface area contributed by atoms with E-state index >= 15 is 0 Å². The van der Waals surface area contributed by atoms with Crippen LogP contribution in [0.25, 0.3) is 6.08 Å². The van der Waals surface area contributed by atoms with Crippen LogP contribution in [0, 0.1) is 0 Å². The van der Waals surface area contributed by atoms with E-state index < -0.39 is 0 Å². The Bertz CT molecular complexity index is 1030. The van der Waals surface area contributed by atoms with Gasteiger partial charge in [0.2, 0.25) is 5.91 Å². The predicted octanol–water partition coefficient (Wildman–Crippen LogP) is 3.15. The minimum atomic E-state index is -0.00556. The molecule has 1 aliphatic rings. The molecule has 31 heavy (non-hydrogen) atoms. The summed E-state index contributed by atoms with van der Waals surface area (Å²) in [7, 11) is 0. The Kier molecular flexibility index (Phi) is 6.47. The molecule has 6 heteroatoms. The Morgan fingerprint density at radius 1 is 0.935 bits per heavy atom. The zero-order chi connectivity index (χ0) is 21.5. The summed E-state index contributed by atoms with van der Waals surface area (Å²) in [6.45, 7) is 3.11. The topological polar surface area (TPSA) is 56.9 Å². The van der Waals surface area contributed by atoms with Gasteiger partial charge in [-0.15, -0.1) is 0 Å². The Morgan fingerprint density at radius 2 is 1.65 bits per heavy atom. The van der Waals surface area contributed by atoms with Crippen LogP contribution in [0.5, 0.6) is 5.75 Å². The number of hydrogen-bond acceptors (Lipinski definition) is 4. The molecule has 2 aromatic carbocycles. The highest BCUT2D eigenvalue weighted by Crippen LogP contribution is 2.16. The predicted molar refractivity (Wildman–Crippen MR) is 119 cm³/mol. The average Bonchev–Trinajstić information content (AvgIpc) is 2.83. The van der Waals surface area contributed by atoms with Gasteiger partial charge >= 0.3 is 5.82 Å². The molecule has 4 rings (SSSR count). The lowest BCUT2D eigenvalue weighted by atomic mass is 10.2. The second-order valence-electron chi connectivity index (χ2n) is 7.39. The van der Waals surface area contributed by atoms with Crippen LogP contribution in [0.2, 0.25) is 0 Å². The second-order valence-corrected chi connectivity index (χ2v) is 7.39. The van der Waals surface area contributed by atoms with Crippen molar-refractivity contribution in [1.82, 2.24) is 4.90 Å². The standard InChI is InChI=1S/C25H26N3O3/c29-25(27-18-16-26(17-19-27)24-8-4-5-15-28(24)30)14-11-21-9-12-23(13-10-21)31-20-22-6-2-1-3-7-22/h1-15,30H,16-20H2/q+1/b14-11+. The first-order chi connectivity index (χ1) is 15.2. The number of ether oxygens (including phenoxy) is 1. The molecule has 1 amide bonds. The number of aromatic nitrogens is 1. The molecule has 3 aromatic rings. The van der Waals surface area contributed by atoms with Crippen molar-refractivity contribution in [3.63, 3.8) is 0 Å². The molecule has 1 aliphatic heterocycles. The quantitative estimate of drug-likeness (QED) is 0.381. The molecule has 0 atom stereocenters. The third-order valence-corrected chi connectivity index (χ3v) is 5.28. The highest BCUT2D eigenvalue weighted by atomic mass is 16.5. The van der Waals surface area contributed by atoms with Gasteiger partial charge in [-0.2, -0.15) is 0 Å². The molecule has 1 aromatic heterocycles. The van der Waals surface area contributed by atoms with E-state index in [1.165, 1.54) is 0 Å². The van der Waals surface area contributed by atoms with Gasteiger partial charge in [0.1, 0.15) is 31.6 Å². The van der Waals surface area contributed by atoms with Crippen LogP contribution in [0.15, 0.2) is 85.1 Å². The summed E-state index contributed by atoms with van der Waals surface area (Å²) in [5.41, 5.74) is 2.07. The molecule has 0 bridgehead atoms. The number of rotatable bonds is 6. The van der Waals surface area contributed by atoms with Crippen molar-refractivity contribution in [3.05, 3.63) is 96.2 Å². The molecule has 1 N–H and O–H groups in total. The molecular formula is C25H26N3O3+. The smallest absolute Gasteiger partial charge is 0.316 e. The molecule has 0 saturated carbocycles. The Morgan fingerprint density at radius 3 is 2.35 bits per heavy atom. The van der Waals surface area contributed by atoms with Crippen molar-refractivity contribution < 1.29 is 19.5 Å². The number of benzene rings is 2. The highest BCUT2D eigenvalue weighted by Gasteiger charge is 2.26. The van der Waals surface area contributed by atoms with E-state index in [9.17, 15) is 10.0 Å². The number of carbonyl (C=O) groups is 1. The lowest BCUT2D eigenvalue weighted by Gasteiger charge is -2.30. The molecule has 0 aliphatic carbocycles. The zero-order valence-corrected chi connectivity index (χ0v) is 17.3. The number of piperazine rings is 1. The Labute approximate surface area is 182 Å². The fourth-order valence-electron chi connectivity index (χ4n) is 3.52. The van der Waals surface area contributed by atoms with E-state index in [4.69, 9.17) is 4.74 Å². The van der Waals surface area contributed by atoms with Crippen LogP contribution in [0.4, 0.5) is 5.82 Å². The van der Waals surface area contributed by atoms with Crippen molar-refractivity contribution in [2.24, 2.45) is 0 Å². The zero-order valence-electron chi connectivity index (χ0n) is 17.3. The third-order valence-electron chi connectivity index (χ3n) is 5.28. The molecule has 0 spiro atoms. The van der Waals surface area contributed by atoms with Gasteiger partial charge in [0, 0.05) is 12.1 Å². The number of nitrogens with zero attached hydrogens (tertiary/aromatic N) is 3. The van der Waals surface area contributed by atoms with Crippen molar-refractivity contribution in [2.45, 2.75) is 6.61 Å². The van der Waals surface area contributed by atoms with Gasteiger partial charge in [-0.3, -0.25) is 9.69 Å². The first kappa shape index (κ1) is 20.5. The van der Waals surface area contributed by atoms with Crippen LogP contribution in [-0.2, 0) is 11.4 Å². The largest absolute Gasteiger partial charge is 0.489 e. The molecule has 0 unspecified atom stereocenters. The average molecular weight is 417 g/mol. The van der Waals surface area contributed by atoms with Gasteiger partial charge in [0.05, 0.1) is 13.1 Å². The van der Waals surface area contributed by atoms with Gasteiger partial charge in [0.25, 0.3) is 0 Å². The highest BCUT2D eigenvalue weighted by molar-refractivity contribution is 5.92. The van der Waals surface area contributed by atoms with Crippen molar-refractivity contribution in [3.8, 4) is 5.75 Å². The number of carbonyl (C=O) groups excluding carboxylic acids is 1. The van der Waals surface area contributed by atoms with Crippen molar-refractivity contribution in [2.75, 3.05) is 31.1 Å². The lowest BCUT2D eigenvalue weighted by molar-refractivity contribution is -0.894. The van der Waals surface area contributed by atoms with Crippen LogP contribution < -0.4 is 14.4 Å². The molecule has 6 nitrogen and oxygen atoms in total. The summed E-state index contributed by atoms with van der Waals surface area (Å²) in [5, 5.41) is 9.93. The van der Waals surface area contributed by atoms with Gasteiger partial charge < -0.3 is 14.8 Å². The molecule has 1 saturated heterocycles. The van der Waals surface area contributed by atoms with E-state index in [0.29, 0.717) is 32.8 Å². The van der Waals surface area contributed by atoms with Gasteiger partial charge in [-0.1, -0.05) is 53.3 Å². The van der Waals surface area contributed by atoms with Crippen LogP contribution in [0.3, 0.4) is 0 Å². The first-order valence-corrected chi connectivity index (χ1v) is 10.4. The normalized spacial score (nSPS) is 14.1. The molecule has 1 fully saturated rings. The third kappa shape index (κ3) is 5.42. The van der Waals surface area contributed by atoms with Crippen LogP contribution in [-0.4, -0.2) is 42.2 Å². The summed E-state index contributed by atoms with van der Waals surface area (Å²) in [6, 6.07) is 23.3. The summed E-state index contributed by atoms with van der Waals surface area (Å²) in [6.07, 6.45) is 5.05. The van der Waals surface area contributed by atoms with E-state index in [-0.39, 0.29) is 5.91 Å². The lowest BCUT2D eigenvalue weighted by Crippen LogP contribution is -2.51. The molecule has 2 heterocycles. The maximum Gasteiger partial charge on any atom is 0.316 e. The first-order valence-electron chi connectivity index (χ1n) is 10.4. The van der Waals surface area contributed by atoms with Crippen molar-refractivity contribution >= 4 is 17.8 Å². The van der Waals surface area contributed by atoms with Gasteiger partial charge in [-0.25, -0.2) is 0 Å². The minimum absolute atomic E-state index is 0.00556. The number of hydrogen-bond donors (Lipinski definition) is 1. The number of anilines is 1. The number of pyridine rings is 1. The monoisotopic (exact) mass is 416 g/mol.